The van der Waals surface area contributed by atoms with Gasteiger partial charge in [0.2, 0.25) is 12.3 Å². The first-order valence-corrected chi connectivity index (χ1v) is 16.4. The Morgan fingerprint density at radius 1 is 1.13 bits per heavy atom. The SMILES string of the molecule is C=CCN(CC)N(C(=O)NCC1=CCCCC=C1)C1CN([C@H](C)c2ccccc2)C(=O)CCN1C=O.CC.Cc1ccc(O)cc1. The molecule has 9 nitrogen and oxygen atoms in total. The Hall–Kier alpha value is -4.37. The number of aromatic hydroxyl groups is 1. The van der Waals surface area contributed by atoms with Gasteiger partial charge in [-0.3, -0.25) is 9.59 Å². The van der Waals surface area contributed by atoms with Crippen LogP contribution in [0.5, 0.6) is 5.75 Å². The van der Waals surface area contributed by atoms with Crippen molar-refractivity contribution in [2.75, 3.05) is 32.7 Å². The summed E-state index contributed by atoms with van der Waals surface area (Å²) in [6.07, 6.45) is 11.5. The molecule has 1 fully saturated rings. The molecule has 250 valence electrons. The van der Waals surface area contributed by atoms with Crippen LogP contribution in [0.3, 0.4) is 0 Å². The molecule has 4 amide bonds. The highest BCUT2D eigenvalue weighted by atomic mass is 16.3. The number of hydrogen-bond acceptors (Lipinski definition) is 5. The number of hydrazine groups is 1. The van der Waals surface area contributed by atoms with Gasteiger partial charge in [-0.05, 0) is 56.4 Å². The van der Waals surface area contributed by atoms with Gasteiger partial charge in [0.25, 0.3) is 0 Å². The van der Waals surface area contributed by atoms with E-state index in [2.05, 4.69) is 30.1 Å². The van der Waals surface area contributed by atoms with Gasteiger partial charge in [0.1, 0.15) is 11.9 Å². The van der Waals surface area contributed by atoms with Gasteiger partial charge in [-0.25, -0.2) is 14.8 Å². The lowest BCUT2D eigenvalue weighted by atomic mass is 10.1. The largest absolute Gasteiger partial charge is 0.508 e. The Morgan fingerprint density at radius 2 is 1.83 bits per heavy atom. The minimum atomic E-state index is -0.654. The number of carbonyl (C=O) groups is 3. The molecule has 2 atom stereocenters. The van der Waals surface area contributed by atoms with Crippen LogP contribution < -0.4 is 5.32 Å². The van der Waals surface area contributed by atoms with Gasteiger partial charge in [-0.2, -0.15) is 0 Å². The Balaban J connectivity index is 0.000000632. The van der Waals surface area contributed by atoms with Crippen molar-refractivity contribution >= 4 is 18.3 Å². The molecule has 2 aromatic rings. The average molecular weight is 632 g/mol. The molecule has 1 unspecified atom stereocenters. The van der Waals surface area contributed by atoms with Gasteiger partial charge in [0, 0.05) is 32.6 Å². The molecule has 4 rings (SSSR count). The van der Waals surface area contributed by atoms with Gasteiger partial charge < -0.3 is 20.2 Å². The first kappa shape index (κ1) is 37.8. The van der Waals surface area contributed by atoms with Crippen LogP contribution in [-0.4, -0.2) is 82.2 Å². The van der Waals surface area contributed by atoms with E-state index >= 15 is 0 Å². The summed E-state index contributed by atoms with van der Waals surface area (Å²) < 4.78 is 0. The van der Waals surface area contributed by atoms with Crippen molar-refractivity contribution in [1.82, 2.24) is 25.1 Å². The van der Waals surface area contributed by atoms with Crippen molar-refractivity contribution in [3.63, 3.8) is 0 Å². The van der Waals surface area contributed by atoms with Crippen molar-refractivity contribution in [2.45, 2.75) is 72.5 Å². The number of rotatable bonds is 10. The molecule has 1 aliphatic heterocycles. The zero-order valence-corrected chi connectivity index (χ0v) is 28.3. The van der Waals surface area contributed by atoms with E-state index in [1.165, 1.54) is 5.56 Å². The van der Waals surface area contributed by atoms with Gasteiger partial charge in [0.05, 0.1) is 12.6 Å². The molecular weight excluding hydrogens is 578 g/mol. The fourth-order valence-electron chi connectivity index (χ4n) is 5.26. The lowest BCUT2D eigenvalue weighted by molar-refractivity contribution is -0.136. The topological polar surface area (TPSA) is 96.4 Å². The second-order valence-electron chi connectivity index (χ2n) is 11.0. The number of aryl methyl sites for hydroxylation is 1. The Labute approximate surface area is 275 Å². The van der Waals surface area contributed by atoms with Crippen LogP contribution in [0, 0.1) is 6.92 Å². The van der Waals surface area contributed by atoms with Crippen molar-refractivity contribution in [3.8, 4) is 5.75 Å². The van der Waals surface area contributed by atoms with Crippen LogP contribution in [0.25, 0.3) is 0 Å². The van der Waals surface area contributed by atoms with E-state index in [0.29, 0.717) is 25.4 Å². The zero-order valence-electron chi connectivity index (χ0n) is 28.3. The molecule has 2 N–H and O–H groups in total. The summed E-state index contributed by atoms with van der Waals surface area (Å²) in [6.45, 7) is 15.6. The molecule has 1 aliphatic carbocycles. The minimum absolute atomic E-state index is 0.0402. The summed E-state index contributed by atoms with van der Waals surface area (Å²) in [4.78, 5) is 42.4. The van der Waals surface area contributed by atoms with Gasteiger partial charge in [-0.1, -0.05) is 93.1 Å². The van der Waals surface area contributed by atoms with E-state index in [0.717, 1.165) is 36.8 Å². The van der Waals surface area contributed by atoms with Crippen LogP contribution >= 0.6 is 0 Å². The van der Waals surface area contributed by atoms with Crippen LogP contribution in [-0.2, 0) is 9.59 Å². The van der Waals surface area contributed by atoms with Crippen LogP contribution in [0.2, 0.25) is 0 Å². The number of urea groups is 1. The summed E-state index contributed by atoms with van der Waals surface area (Å²) in [5.74, 6) is 0.289. The number of likely N-dealkylation sites (N-methyl/N-ethyl adjacent to an activating group) is 1. The number of allylic oxidation sites excluding steroid dienone is 2. The lowest BCUT2D eigenvalue weighted by Gasteiger charge is -2.44. The number of benzene rings is 2. The van der Waals surface area contributed by atoms with Gasteiger partial charge >= 0.3 is 6.03 Å². The predicted octanol–water partition coefficient (Wildman–Crippen LogP) is 6.59. The number of amides is 4. The van der Waals surface area contributed by atoms with Gasteiger partial charge in [-0.15, -0.1) is 6.58 Å². The molecular formula is C37H53N5O4. The monoisotopic (exact) mass is 631 g/mol. The average Bonchev–Trinajstić information content (AvgIpc) is 3.45. The second-order valence-corrected chi connectivity index (χ2v) is 11.0. The fraction of sp³-hybridized carbons (Fsp3) is 0.432. The maximum absolute atomic E-state index is 13.7. The van der Waals surface area contributed by atoms with E-state index in [-0.39, 0.29) is 37.5 Å². The van der Waals surface area contributed by atoms with Crippen LogP contribution in [0.4, 0.5) is 4.79 Å². The number of phenolic OH excluding ortho intramolecular Hbond substituents is 1. The number of hydrogen-bond donors (Lipinski definition) is 2. The molecule has 0 bridgehead atoms. The summed E-state index contributed by atoms with van der Waals surface area (Å²) in [5.41, 5.74) is 3.24. The third-order valence-corrected chi connectivity index (χ3v) is 7.82. The molecule has 1 saturated heterocycles. The molecule has 1 heterocycles. The summed E-state index contributed by atoms with van der Waals surface area (Å²) in [6, 6.07) is 16.4. The Bertz CT molecular complexity index is 1260. The molecule has 0 aromatic heterocycles. The highest BCUT2D eigenvalue weighted by Crippen LogP contribution is 2.26. The van der Waals surface area contributed by atoms with E-state index in [4.69, 9.17) is 5.11 Å². The third kappa shape index (κ3) is 11.5. The van der Waals surface area contributed by atoms with E-state index in [1.54, 1.807) is 33.0 Å². The molecule has 9 heteroatoms. The standard InChI is InChI=1S/C28H39N5O3.C7H8O.C2H6/c1-4-18-31(5-2)33(28(36)29-20-24-13-9-6-7-10-14-24)26-21-32(27(35)17-19-30(26)22-34)23(3)25-15-11-8-12-16-25;1-6-2-4-7(8)5-3-6;1-2/h4,8-9,11-16,22-23,26H,1,5-7,10,17-21H2,2-3H3,(H,29,36);2-5,8H,1H3;1-2H3/t23-,26?;;/m1../s1. The van der Waals surface area contributed by atoms with Crippen LogP contribution in [0.15, 0.2) is 91.1 Å². The van der Waals surface area contributed by atoms with Gasteiger partial charge in [0.15, 0.2) is 0 Å². The highest BCUT2D eigenvalue weighted by molar-refractivity contribution is 5.79. The smallest absolute Gasteiger partial charge is 0.334 e. The van der Waals surface area contributed by atoms with Crippen LogP contribution in [0.1, 0.15) is 70.5 Å². The van der Waals surface area contributed by atoms with Crippen molar-refractivity contribution in [1.29, 1.82) is 0 Å². The maximum atomic E-state index is 13.7. The number of nitrogens with one attached hydrogen (secondary N) is 1. The number of phenols is 1. The quantitative estimate of drug-likeness (QED) is 0.175. The number of nitrogens with zero attached hydrogens (tertiary/aromatic N) is 4. The summed E-state index contributed by atoms with van der Waals surface area (Å²) >= 11 is 0. The van der Waals surface area contributed by atoms with Crippen molar-refractivity contribution in [3.05, 3.63) is 102 Å². The second kappa shape index (κ2) is 20.6. The Morgan fingerprint density at radius 3 is 2.43 bits per heavy atom. The normalized spacial score (nSPS) is 16.8. The minimum Gasteiger partial charge on any atom is -0.508 e. The summed E-state index contributed by atoms with van der Waals surface area (Å²) in [5, 5.41) is 15.3. The molecule has 0 spiro atoms. The Kier molecular flexibility index (Phi) is 17.0. The first-order valence-electron chi connectivity index (χ1n) is 16.4. The molecule has 46 heavy (non-hydrogen) atoms. The van der Waals surface area contributed by atoms with Crippen molar-refractivity contribution < 1.29 is 19.5 Å². The van der Waals surface area contributed by atoms with E-state index < -0.39 is 6.17 Å². The fourth-order valence-corrected chi connectivity index (χ4v) is 5.26. The van der Waals surface area contributed by atoms with E-state index in [1.807, 2.05) is 82.1 Å². The predicted molar refractivity (Wildman–Crippen MR) is 186 cm³/mol. The lowest BCUT2D eigenvalue weighted by Crippen LogP contribution is -2.63. The van der Waals surface area contributed by atoms with Crippen molar-refractivity contribution in [2.24, 2.45) is 0 Å². The molecule has 0 saturated carbocycles. The molecule has 2 aromatic carbocycles. The first-order chi connectivity index (χ1) is 22.3. The molecule has 0 radical (unpaired) electrons. The highest BCUT2D eigenvalue weighted by Gasteiger charge is 2.38. The molecule has 2 aliphatic rings. The zero-order chi connectivity index (χ0) is 33.9. The van der Waals surface area contributed by atoms with E-state index in [9.17, 15) is 14.4 Å². The summed E-state index contributed by atoms with van der Waals surface area (Å²) in [7, 11) is 0. The number of carbonyl (C=O) groups excluding carboxylic acids is 3. The third-order valence-electron chi connectivity index (χ3n) is 7.82. The maximum Gasteiger partial charge on any atom is 0.334 e.